The van der Waals surface area contributed by atoms with E-state index in [2.05, 4.69) is 16.1 Å². The zero-order valence-electron chi connectivity index (χ0n) is 8.65. The van der Waals surface area contributed by atoms with E-state index in [0.29, 0.717) is 0 Å². The van der Waals surface area contributed by atoms with Crippen LogP contribution in [0.4, 0.5) is 0 Å². The Balaban J connectivity index is 2.49. The molecular formula is C11H13N3. The van der Waals surface area contributed by atoms with Gasteiger partial charge < -0.3 is 0 Å². The van der Waals surface area contributed by atoms with E-state index >= 15 is 0 Å². The molecule has 0 bridgehead atoms. The van der Waals surface area contributed by atoms with Gasteiger partial charge in [-0.3, -0.25) is 4.98 Å². The molecule has 0 amide bonds. The van der Waals surface area contributed by atoms with Crippen molar-refractivity contribution in [3.63, 3.8) is 0 Å². The van der Waals surface area contributed by atoms with Crippen LogP contribution >= 0.6 is 0 Å². The van der Waals surface area contributed by atoms with E-state index in [4.69, 9.17) is 0 Å². The molecule has 14 heavy (non-hydrogen) atoms. The second kappa shape index (κ2) is 3.25. The number of hydrogen-bond acceptors (Lipinski definition) is 2. The molecule has 2 aromatic heterocycles. The van der Waals surface area contributed by atoms with Gasteiger partial charge in [-0.05, 0) is 39.0 Å². The van der Waals surface area contributed by atoms with E-state index in [-0.39, 0.29) is 0 Å². The van der Waals surface area contributed by atoms with E-state index < -0.39 is 0 Å². The smallest absolute Gasteiger partial charge is 0.0832 e. The third-order valence-corrected chi connectivity index (χ3v) is 2.15. The van der Waals surface area contributed by atoms with Gasteiger partial charge in [-0.2, -0.15) is 5.10 Å². The zero-order valence-corrected chi connectivity index (χ0v) is 8.65. The van der Waals surface area contributed by atoms with Gasteiger partial charge in [0.05, 0.1) is 17.6 Å². The number of pyridine rings is 1. The molecule has 0 aliphatic heterocycles. The van der Waals surface area contributed by atoms with E-state index in [9.17, 15) is 0 Å². The molecule has 0 fully saturated rings. The number of nitrogens with zero attached hydrogens (tertiary/aromatic N) is 3. The van der Waals surface area contributed by atoms with Crippen molar-refractivity contribution in [1.29, 1.82) is 0 Å². The van der Waals surface area contributed by atoms with E-state index in [1.54, 1.807) is 0 Å². The van der Waals surface area contributed by atoms with Gasteiger partial charge in [-0.15, -0.1) is 0 Å². The first-order valence-electron chi connectivity index (χ1n) is 4.63. The monoisotopic (exact) mass is 187 g/mol. The summed E-state index contributed by atoms with van der Waals surface area (Å²) in [5, 5.41) is 4.39. The lowest BCUT2D eigenvalue weighted by Gasteiger charge is -2.03. The highest BCUT2D eigenvalue weighted by Crippen LogP contribution is 2.10. The fraction of sp³-hybridized carbons (Fsp3) is 0.273. The highest BCUT2D eigenvalue weighted by atomic mass is 15.3. The van der Waals surface area contributed by atoms with Crippen molar-refractivity contribution in [1.82, 2.24) is 14.8 Å². The highest BCUT2D eigenvalue weighted by Gasteiger charge is 2.02. The molecule has 0 saturated carbocycles. The minimum Gasteiger partial charge on any atom is -0.259 e. The first-order valence-corrected chi connectivity index (χ1v) is 4.63. The summed E-state index contributed by atoms with van der Waals surface area (Å²) in [6.07, 6.45) is 1.84. The topological polar surface area (TPSA) is 30.7 Å². The molecule has 0 atom stereocenters. The molecule has 2 heterocycles. The lowest BCUT2D eigenvalue weighted by molar-refractivity contribution is 0.827. The Labute approximate surface area is 83.4 Å². The van der Waals surface area contributed by atoms with Crippen molar-refractivity contribution < 1.29 is 0 Å². The van der Waals surface area contributed by atoms with Crippen molar-refractivity contribution in [2.24, 2.45) is 0 Å². The van der Waals surface area contributed by atoms with Crippen LogP contribution in [-0.4, -0.2) is 14.8 Å². The van der Waals surface area contributed by atoms with Crippen LogP contribution in [0.25, 0.3) is 5.69 Å². The third kappa shape index (κ3) is 1.53. The summed E-state index contributed by atoms with van der Waals surface area (Å²) < 4.78 is 1.90. The second-order valence-corrected chi connectivity index (χ2v) is 3.50. The fourth-order valence-corrected chi connectivity index (χ4v) is 1.48. The Morgan fingerprint density at radius 3 is 2.36 bits per heavy atom. The quantitative estimate of drug-likeness (QED) is 0.685. The molecular weight excluding hydrogens is 174 g/mol. The molecule has 0 spiro atoms. The largest absolute Gasteiger partial charge is 0.259 e. The van der Waals surface area contributed by atoms with Crippen molar-refractivity contribution >= 4 is 0 Å². The van der Waals surface area contributed by atoms with Crippen LogP contribution in [0.1, 0.15) is 17.1 Å². The first kappa shape index (κ1) is 8.94. The van der Waals surface area contributed by atoms with Crippen LogP contribution in [-0.2, 0) is 0 Å². The number of aromatic nitrogens is 3. The molecule has 2 rings (SSSR count). The molecule has 0 aliphatic rings. The second-order valence-electron chi connectivity index (χ2n) is 3.50. The molecule has 3 nitrogen and oxygen atoms in total. The van der Waals surface area contributed by atoms with Crippen LogP contribution in [0.3, 0.4) is 0 Å². The summed E-state index contributed by atoms with van der Waals surface area (Å²) in [6, 6.07) is 6.08. The van der Waals surface area contributed by atoms with Gasteiger partial charge in [0.2, 0.25) is 0 Å². The summed E-state index contributed by atoms with van der Waals surface area (Å²) in [7, 11) is 0. The number of hydrogen-bond donors (Lipinski definition) is 0. The summed E-state index contributed by atoms with van der Waals surface area (Å²) in [5.74, 6) is 0. The molecule has 3 heteroatoms. The normalized spacial score (nSPS) is 10.5. The average molecular weight is 187 g/mol. The SMILES string of the molecule is Cc1ccc(-n2nc(C)cc2C)cn1. The van der Waals surface area contributed by atoms with Crippen LogP contribution in [0.5, 0.6) is 0 Å². The Bertz CT molecular complexity index is 440. The standard InChI is InChI=1S/C11H13N3/c1-8-4-5-11(7-12-8)14-10(3)6-9(2)13-14/h4-7H,1-3H3. The van der Waals surface area contributed by atoms with E-state index in [1.807, 2.05) is 43.8 Å². The van der Waals surface area contributed by atoms with Crippen LogP contribution in [0.15, 0.2) is 24.4 Å². The highest BCUT2D eigenvalue weighted by molar-refractivity contribution is 5.31. The van der Waals surface area contributed by atoms with Crippen LogP contribution < -0.4 is 0 Å². The van der Waals surface area contributed by atoms with Gasteiger partial charge in [-0.25, -0.2) is 4.68 Å². The minimum absolute atomic E-state index is 1.02. The Kier molecular flexibility index (Phi) is 2.08. The zero-order chi connectivity index (χ0) is 10.1. The van der Waals surface area contributed by atoms with Gasteiger partial charge in [-0.1, -0.05) is 0 Å². The summed E-state index contributed by atoms with van der Waals surface area (Å²) in [6.45, 7) is 6.01. The van der Waals surface area contributed by atoms with E-state index in [0.717, 1.165) is 22.8 Å². The first-order chi connectivity index (χ1) is 6.66. The lowest BCUT2D eigenvalue weighted by Crippen LogP contribution is -1.99. The maximum absolute atomic E-state index is 4.39. The van der Waals surface area contributed by atoms with Crippen LogP contribution in [0.2, 0.25) is 0 Å². The number of aryl methyl sites for hydroxylation is 3. The Morgan fingerprint density at radius 2 is 1.86 bits per heavy atom. The predicted octanol–water partition coefficient (Wildman–Crippen LogP) is 2.19. The molecule has 0 saturated heterocycles. The molecule has 72 valence electrons. The van der Waals surface area contributed by atoms with Crippen molar-refractivity contribution in [2.45, 2.75) is 20.8 Å². The van der Waals surface area contributed by atoms with Crippen molar-refractivity contribution in [2.75, 3.05) is 0 Å². The molecule has 0 N–H and O–H groups in total. The summed E-state index contributed by atoms with van der Waals surface area (Å²) in [4.78, 5) is 4.25. The molecule has 0 radical (unpaired) electrons. The van der Waals surface area contributed by atoms with Gasteiger partial charge in [0, 0.05) is 11.4 Å². The van der Waals surface area contributed by atoms with Gasteiger partial charge in [0.25, 0.3) is 0 Å². The Hall–Kier alpha value is -1.64. The maximum Gasteiger partial charge on any atom is 0.0832 e. The molecule has 2 aromatic rings. The van der Waals surface area contributed by atoms with Gasteiger partial charge >= 0.3 is 0 Å². The average Bonchev–Trinajstić information content (AvgIpc) is 2.47. The number of rotatable bonds is 1. The predicted molar refractivity (Wildman–Crippen MR) is 55.6 cm³/mol. The summed E-state index contributed by atoms with van der Waals surface area (Å²) in [5.41, 5.74) is 4.20. The molecule has 0 aliphatic carbocycles. The third-order valence-electron chi connectivity index (χ3n) is 2.15. The van der Waals surface area contributed by atoms with Gasteiger partial charge in [0.1, 0.15) is 0 Å². The Morgan fingerprint density at radius 1 is 1.07 bits per heavy atom. The molecule has 0 unspecified atom stereocenters. The summed E-state index contributed by atoms with van der Waals surface area (Å²) >= 11 is 0. The fourth-order valence-electron chi connectivity index (χ4n) is 1.48. The molecule has 0 aromatic carbocycles. The van der Waals surface area contributed by atoms with Crippen LogP contribution in [0, 0.1) is 20.8 Å². The lowest BCUT2D eigenvalue weighted by atomic mass is 10.3. The maximum atomic E-state index is 4.39. The van der Waals surface area contributed by atoms with E-state index in [1.165, 1.54) is 0 Å². The van der Waals surface area contributed by atoms with Crippen molar-refractivity contribution in [3.05, 3.63) is 41.5 Å². The minimum atomic E-state index is 1.02. The van der Waals surface area contributed by atoms with Gasteiger partial charge in [0.15, 0.2) is 0 Å². The van der Waals surface area contributed by atoms with Crippen molar-refractivity contribution in [3.8, 4) is 5.69 Å².